The van der Waals surface area contributed by atoms with E-state index in [1.165, 1.54) is 51.4 Å². The Hall–Kier alpha value is -1.01. The van der Waals surface area contributed by atoms with Gasteiger partial charge in [0.2, 0.25) is 0 Å². The third-order valence-corrected chi connectivity index (χ3v) is 4.10. The maximum absolute atomic E-state index is 8.81. The molecule has 0 spiro atoms. The molecule has 0 heterocycles. The maximum atomic E-state index is 8.81. The van der Waals surface area contributed by atoms with Gasteiger partial charge in [0, 0.05) is 16.7 Å². The van der Waals surface area contributed by atoms with Crippen molar-refractivity contribution in [1.82, 2.24) is 0 Å². The van der Waals surface area contributed by atoms with Crippen LogP contribution in [-0.4, -0.2) is 6.54 Å². The van der Waals surface area contributed by atoms with Gasteiger partial charge in [0.1, 0.15) is 0 Å². The van der Waals surface area contributed by atoms with E-state index in [2.05, 4.69) is 34.2 Å². The van der Waals surface area contributed by atoms with Gasteiger partial charge in [-0.2, -0.15) is 5.26 Å². The Morgan fingerprint density at radius 1 is 1.05 bits per heavy atom. The molecule has 0 atom stereocenters. The van der Waals surface area contributed by atoms with Crippen molar-refractivity contribution in [2.24, 2.45) is 0 Å². The lowest BCUT2D eigenvalue weighted by Gasteiger charge is -2.08. The molecule has 110 valence electrons. The predicted molar refractivity (Wildman–Crippen MR) is 90.0 cm³/mol. The summed E-state index contributed by atoms with van der Waals surface area (Å²) >= 11 is 3.49. The molecule has 0 aliphatic heterocycles. The monoisotopic (exact) mass is 336 g/mol. The average Bonchev–Trinajstić information content (AvgIpc) is 2.47. The number of hydrogen-bond acceptors (Lipinski definition) is 2. The van der Waals surface area contributed by atoms with Gasteiger partial charge in [-0.15, -0.1) is 0 Å². The molecule has 0 aliphatic rings. The Kier molecular flexibility index (Phi) is 9.15. The average molecular weight is 337 g/mol. The second kappa shape index (κ2) is 10.7. The number of halogens is 1. The van der Waals surface area contributed by atoms with Crippen molar-refractivity contribution in [3.63, 3.8) is 0 Å². The SMILES string of the molecule is CCCCCCCCCCNc1ccc(C#N)cc1Br. The van der Waals surface area contributed by atoms with Gasteiger partial charge in [0.15, 0.2) is 0 Å². The van der Waals surface area contributed by atoms with E-state index >= 15 is 0 Å². The molecular weight excluding hydrogens is 312 g/mol. The highest BCUT2D eigenvalue weighted by atomic mass is 79.9. The van der Waals surface area contributed by atoms with Crippen molar-refractivity contribution >= 4 is 21.6 Å². The van der Waals surface area contributed by atoms with Gasteiger partial charge in [-0.3, -0.25) is 0 Å². The Labute approximate surface area is 131 Å². The van der Waals surface area contributed by atoms with E-state index < -0.39 is 0 Å². The summed E-state index contributed by atoms with van der Waals surface area (Å²) in [4.78, 5) is 0. The van der Waals surface area contributed by atoms with Crippen molar-refractivity contribution in [1.29, 1.82) is 5.26 Å². The highest BCUT2D eigenvalue weighted by Gasteiger charge is 2.00. The first-order valence-electron chi connectivity index (χ1n) is 7.71. The van der Waals surface area contributed by atoms with Crippen LogP contribution >= 0.6 is 15.9 Å². The minimum absolute atomic E-state index is 0.689. The largest absolute Gasteiger partial charge is 0.384 e. The summed E-state index contributed by atoms with van der Waals surface area (Å²) in [5, 5.41) is 12.2. The summed E-state index contributed by atoms with van der Waals surface area (Å²) in [5.74, 6) is 0. The van der Waals surface area contributed by atoms with Crippen LogP contribution in [0.2, 0.25) is 0 Å². The second-order valence-corrected chi connectivity index (χ2v) is 6.06. The summed E-state index contributed by atoms with van der Waals surface area (Å²) in [6, 6.07) is 7.81. The van der Waals surface area contributed by atoms with Gasteiger partial charge in [0.25, 0.3) is 0 Å². The molecule has 0 bridgehead atoms. The molecule has 0 aromatic heterocycles. The molecule has 0 saturated carbocycles. The molecule has 0 aliphatic carbocycles. The van der Waals surface area contributed by atoms with Gasteiger partial charge in [-0.1, -0.05) is 51.9 Å². The Bertz CT molecular complexity index is 423. The number of nitrogens with one attached hydrogen (secondary N) is 1. The Balaban J connectivity index is 2.08. The first kappa shape index (κ1) is 17.0. The van der Waals surface area contributed by atoms with Crippen LogP contribution in [0, 0.1) is 11.3 Å². The zero-order chi connectivity index (χ0) is 14.6. The lowest BCUT2D eigenvalue weighted by molar-refractivity contribution is 0.581. The van der Waals surface area contributed by atoms with Gasteiger partial charge in [-0.05, 0) is 40.5 Å². The quantitative estimate of drug-likeness (QED) is 0.542. The lowest BCUT2D eigenvalue weighted by atomic mass is 10.1. The minimum Gasteiger partial charge on any atom is -0.384 e. The minimum atomic E-state index is 0.689. The number of anilines is 1. The van der Waals surface area contributed by atoms with Crippen LogP contribution in [0.15, 0.2) is 22.7 Å². The number of nitrogens with zero attached hydrogens (tertiary/aromatic N) is 1. The van der Waals surface area contributed by atoms with Crippen molar-refractivity contribution < 1.29 is 0 Å². The summed E-state index contributed by atoms with van der Waals surface area (Å²) in [7, 11) is 0. The van der Waals surface area contributed by atoms with Crippen LogP contribution in [0.25, 0.3) is 0 Å². The highest BCUT2D eigenvalue weighted by molar-refractivity contribution is 9.10. The topological polar surface area (TPSA) is 35.8 Å². The predicted octanol–water partition coefficient (Wildman–Crippen LogP) is 5.87. The molecule has 3 heteroatoms. The number of unbranched alkanes of at least 4 members (excludes halogenated alkanes) is 7. The molecule has 0 unspecified atom stereocenters. The summed E-state index contributed by atoms with van der Waals surface area (Å²) in [5.41, 5.74) is 1.77. The standard InChI is InChI=1S/C17H25BrN2/c1-2-3-4-5-6-7-8-9-12-20-17-11-10-15(14-19)13-16(17)18/h10-11,13,20H,2-9,12H2,1H3. The number of benzene rings is 1. The van der Waals surface area contributed by atoms with Crippen LogP contribution in [0.4, 0.5) is 5.69 Å². The molecule has 0 fully saturated rings. The van der Waals surface area contributed by atoms with E-state index in [4.69, 9.17) is 5.26 Å². The van der Waals surface area contributed by atoms with Crippen molar-refractivity contribution in [3.8, 4) is 6.07 Å². The van der Waals surface area contributed by atoms with Crippen molar-refractivity contribution in [2.45, 2.75) is 58.3 Å². The highest BCUT2D eigenvalue weighted by Crippen LogP contribution is 2.23. The summed E-state index contributed by atoms with van der Waals surface area (Å²) < 4.78 is 0.969. The van der Waals surface area contributed by atoms with Crippen LogP contribution in [0.1, 0.15) is 63.9 Å². The molecule has 2 nitrogen and oxygen atoms in total. The first-order valence-corrected chi connectivity index (χ1v) is 8.50. The number of hydrogen-bond donors (Lipinski definition) is 1. The van der Waals surface area contributed by atoms with Crippen LogP contribution in [-0.2, 0) is 0 Å². The Morgan fingerprint density at radius 2 is 1.70 bits per heavy atom. The second-order valence-electron chi connectivity index (χ2n) is 5.21. The lowest BCUT2D eigenvalue weighted by Crippen LogP contribution is -2.02. The number of rotatable bonds is 10. The van der Waals surface area contributed by atoms with Crippen LogP contribution < -0.4 is 5.32 Å². The third kappa shape index (κ3) is 6.96. The fourth-order valence-electron chi connectivity index (χ4n) is 2.21. The van der Waals surface area contributed by atoms with Gasteiger partial charge < -0.3 is 5.32 Å². The van der Waals surface area contributed by atoms with E-state index in [9.17, 15) is 0 Å². The summed E-state index contributed by atoms with van der Waals surface area (Å²) in [6.07, 6.45) is 10.7. The van der Waals surface area contributed by atoms with E-state index in [0.29, 0.717) is 5.56 Å². The smallest absolute Gasteiger partial charge is 0.0992 e. The Morgan fingerprint density at radius 3 is 2.30 bits per heavy atom. The van der Waals surface area contributed by atoms with Gasteiger partial charge in [-0.25, -0.2) is 0 Å². The molecule has 1 aromatic carbocycles. The fourth-order valence-corrected chi connectivity index (χ4v) is 2.73. The van der Waals surface area contributed by atoms with E-state index in [-0.39, 0.29) is 0 Å². The van der Waals surface area contributed by atoms with Gasteiger partial charge in [0.05, 0.1) is 11.6 Å². The third-order valence-electron chi connectivity index (χ3n) is 3.44. The zero-order valence-electron chi connectivity index (χ0n) is 12.4. The normalized spacial score (nSPS) is 10.2. The van der Waals surface area contributed by atoms with Crippen LogP contribution in [0.3, 0.4) is 0 Å². The van der Waals surface area contributed by atoms with E-state index in [0.717, 1.165) is 16.7 Å². The molecular formula is C17H25BrN2. The zero-order valence-corrected chi connectivity index (χ0v) is 14.0. The maximum Gasteiger partial charge on any atom is 0.0992 e. The van der Waals surface area contributed by atoms with E-state index in [1.807, 2.05) is 18.2 Å². The molecule has 0 radical (unpaired) electrons. The van der Waals surface area contributed by atoms with Crippen LogP contribution in [0.5, 0.6) is 0 Å². The molecule has 0 saturated heterocycles. The number of nitriles is 1. The first-order chi connectivity index (χ1) is 9.77. The molecule has 1 N–H and O–H groups in total. The van der Waals surface area contributed by atoms with Crippen molar-refractivity contribution in [3.05, 3.63) is 28.2 Å². The molecule has 20 heavy (non-hydrogen) atoms. The van der Waals surface area contributed by atoms with Gasteiger partial charge >= 0.3 is 0 Å². The van der Waals surface area contributed by atoms with Crippen molar-refractivity contribution in [2.75, 3.05) is 11.9 Å². The molecule has 1 aromatic rings. The molecule has 0 amide bonds. The van der Waals surface area contributed by atoms with E-state index in [1.54, 1.807) is 0 Å². The molecule has 1 rings (SSSR count). The fraction of sp³-hybridized carbons (Fsp3) is 0.588. The summed E-state index contributed by atoms with van der Waals surface area (Å²) in [6.45, 7) is 3.26.